The van der Waals surface area contributed by atoms with Gasteiger partial charge in [-0.1, -0.05) is 11.6 Å². The third kappa shape index (κ3) is 4.46. The Morgan fingerprint density at radius 2 is 2.14 bits per heavy atom. The third-order valence-corrected chi connectivity index (χ3v) is 4.08. The number of carboxylic acid groups (broad SMARTS) is 1. The number of piperidine rings is 1. The molecule has 1 N–H and O–H groups in total. The minimum atomic E-state index is -0.774. The maximum atomic E-state index is 12.5. The van der Waals surface area contributed by atoms with E-state index in [1.165, 1.54) is 0 Å². The van der Waals surface area contributed by atoms with Gasteiger partial charge >= 0.3 is 5.97 Å². The van der Waals surface area contributed by atoms with Crippen LogP contribution < -0.4 is 0 Å². The van der Waals surface area contributed by atoms with E-state index in [1.807, 2.05) is 24.0 Å². The summed E-state index contributed by atoms with van der Waals surface area (Å²) in [7, 11) is 0. The largest absolute Gasteiger partial charge is 0.481 e. The second kappa shape index (κ2) is 6.94. The summed E-state index contributed by atoms with van der Waals surface area (Å²) in [5.41, 5.74) is 1.57. The number of hydrogen-bond acceptors (Lipinski definition) is 2. The van der Waals surface area contributed by atoms with Crippen LogP contribution in [0, 0.1) is 12.8 Å². The van der Waals surface area contributed by atoms with Gasteiger partial charge in [-0.2, -0.15) is 0 Å². The lowest BCUT2D eigenvalue weighted by Gasteiger charge is -2.32. The van der Waals surface area contributed by atoms with Crippen LogP contribution in [0.15, 0.2) is 18.2 Å². The van der Waals surface area contributed by atoms with Crippen molar-refractivity contribution in [2.75, 3.05) is 13.1 Å². The van der Waals surface area contributed by atoms with Crippen LogP contribution >= 0.6 is 11.6 Å². The number of amides is 1. The molecule has 1 aliphatic heterocycles. The molecule has 1 aromatic rings. The summed E-state index contributed by atoms with van der Waals surface area (Å²) in [5.74, 6) is -0.511. The highest BCUT2D eigenvalue weighted by Crippen LogP contribution is 2.23. The summed E-state index contributed by atoms with van der Waals surface area (Å²) in [5, 5.41) is 9.33. The molecule has 1 atom stereocenters. The van der Waals surface area contributed by atoms with E-state index in [1.54, 1.807) is 6.07 Å². The second-order valence-corrected chi connectivity index (χ2v) is 6.15. The van der Waals surface area contributed by atoms with Gasteiger partial charge in [-0.3, -0.25) is 9.59 Å². The Balaban J connectivity index is 2.03. The van der Waals surface area contributed by atoms with E-state index >= 15 is 0 Å². The quantitative estimate of drug-likeness (QED) is 0.927. The van der Waals surface area contributed by atoms with Crippen LogP contribution in [0.1, 0.15) is 41.6 Å². The lowest BCUT2D eigenvalue weighted by molar-refractivity contribution is -0.137. The number of hydrogen-bond donors (Lipinski definition) is 1. The van der Waals surface area contributed by atoms with E-state index in [0.29, 0.717) is 23.6 Å². The van der Waals surface area contributed by atoms with Crippen molar-refractivity contribution in [1.82, 2.24) is 4.90 Å². The van der Waals surface area contributed by atoms with Gasteiger partial charge in [0.05, 0.1) is 0 Å². The van der Waals surface area contributed by atoms with Crippen molar-refractivity contribution in [3.63, 3.8) is 0 Å². The van der Waals surface area contributed by atoms with Crippen LogP contribution in [0.3, 0.4) is 0 Å². The molecule has 5 heteroatoms. The maximum absolute atomic E-state index is 12.5. The Labute approximate surface area is 129 Å². The van der Waals surface area contributed by atoms with Crippen molar-refractivity contribution in [1.29, 1.82) is 0 Å². The highest BCUT2D eigenvalue weighted by atomic mass is 35.5. The van der Waals surface area contributed by atoms with E-state index in [9.17, 15) is 9.59 Å². The van der Waals surface area contributed by atoms with Crippen molar-refractivity contribution in [2.45, 2.75) is 32.6 Å². The van der Waals surface area contributed by atoms with Crippen molar-refractivity contribution >= 4 is 23.5 Å². The molecule has 1 amide bonds. The standard InChI is InChI=1S/C16H20ClNO3/c1-11-7-13(9-14(17)8-11)16(21)18-6-2-3-12(10-18)4-5-15(19)20/h7-9,12H,2-6,10H2,1H3,(H,19,20). The van der Waals surface area contributed by atoms with Crippen molar-refractivity contribution in [3.05, 3.63) is 34.3 Å². The fourth-order valence-corrected chi connectivity index (χ4v) is 3.14. The molecule has 1 heterocycles. The number of nitrogens with zero attached hydrogens (tertiary/aromatic N) is 1. The van der Waals surface area contributed by atoms with E-state index in [2.05, 4.69) is 0 Å². The van der Waals surface area contributed by atoms with Gasteiger partial charge in [0.25, 0.3) is 5.91 Å². The second-order valence-electron chi connectivity index (χ2n) is 5.71. The highest BCUT2D eigenvalue weighted by molar-refractivity contribution is 6.31. The molecule has 0 saturated carbocycles. The molecule has 0 bridgehead atoms. The van der Waals surface area contributed by atoms with Gasteiger partial charge in [0, 0.05) is 30.1 Å². The predicted octanol–water partition coefficient (Wildman–Crippen LogP) is 3.37. The predicted molar refractivity (Wildman–Crippen MR) is 81.7 cm³/mol. The molecular weight excluding hydrogens is 290 g/mol. The lowest BCUT2D eigenvalue weighted by Crippen LogP contribution is -2.40. The number of likely N-dealkylation sites (tertiary alicyclic amines) is 1. The van der Waals surface area contributed by atoms with Crippen LogP contribution in [0.2, 0.25) is 5.02 Å². The Morgan fingerprint density at radius 1 is 1.38 bits per heavy atom. The number of aliphatic carboxylic acids is 1. The number of carboxylic acids is 1. The molecule has 1 unspecified atom stereocenters. The van der Waals surface area contributed by atoms with Crippen LogP contribution in [-0.2, 0) is 4.79 Å². The molecule has 0 radical (unpaired) electrons. The summed E-state index contributed by atoms with van der Waals surface area (Å²) in [6.45, 7) is 3.28. The monoisotopic (exact) mass is 309 g/mol. The van der Waals surface area contributed by atoms with Gasteiger partial charge in [0.1, 0.15) is 0 Å². The lowest BCUT2D eigenvalue weighted by atomic mass is 9.93. The van der Waals surface area contributed by atoms with Gasteiger partial charge in [-0.15, -0.1) is 0 Å². The van der Waals surface area contributed by atoms with Crippen LogP contribution in [0.25, 0.3) is 0 Å². The van der Waals surface area contributed by atoms with Crippen LogP contribution in [0.5, 0.6) is 0 Å². The smallest absolute Gasteiger partial charge is 0.303 e. The normalized spacial score (nSPS) is 18.6. The van der Waals surface area contributed by atoms with Crippen molar-refractivity contribution < 1.29 is 14.7 Å². The summed E-state index contributed by atoms with van der Waals surface area (Å²) < 4.78 is 0. The number of aryl methyl sites for hydroxylation is 1. The van der Waals surface area contributed by atoms with Gasteiger partial charge in [0.2, 0.25) is 0 Å². The molecule has 1 saturated heterocycles. The first-order chi connectivity index (χ1) is 9.95. The molecule has 1 aliphatic rings. The molecule has 114 valence electrons. The first kappa shape index (κ1) is 15.8. The Kier molecular flexibility index (Phi) is 5.23. The molecule has 2 rings (SSSR count). The number of rotatable bonds is 4. The minimum Gasteiger partial charge on any atom is -0.481 e. The molecule has 0 spiro atoms. The fraction of sp³-hybridized carbons (Fsp3) is 0.500. The summed E-state index contributed by atoms with van der Waals surface area (Å²) in [6, 6.07) is 5.36. The van der Waals surface area contributed by atoms with E-state index in [4.69, 9.17) is 16.7 Å². The molecule has 1 aromatic carbocycles. The van der Waals surface area contributed by atoms with Gasteiger partial charge in [-0.25, -0.2) is 0 Å². The molecular formula is C16H20ClNO3. The van der Waals surface area contributed by atoms with Gasteiger partial charge in [0.15, 0.2) is 0 Å². The summed E-state index contributed by atoms with van der Waals surface area (Å²) in [4.78, 5) is 25.0. The molecule has 1 fully saturated rings. The topological polar surface area (TPSA) is 57.6 Å². The number of carbonyl (C=O) groups is 2. The van der Waals surface area contributed by atoms with E-state index in [0.717, 1.165) is 24.9 Å². The Bertz CT molecular complexity index is 524. The number of benzene rings is 1. The summed E-state index contributed by atoms with van der Waals surface area (Å²) in [6.07, 6.45) is 2.72. The fourth-order valence-electron chi connectivity index (χ4n) is 2.86. The highest BCUT2D eigenvalue weighted by Gasteiger charge is 2.25. The minimum absolute atomic E-state index is 0.0133. The number of halogens is 1. The molecule has 0 aromatic heterocycles. The number of carbonyl (C=O) groups excluding carboxylic acids is 1. The zero-order valence-corrected chi connectivity index (χ0v) is 12.9. The van der Waals surface area contributed by atoms with Crippen molar-refractivity contribution in [2.24, 2.45) is 5.92 Å². The first-order valence-corrected chi connectivity index (χ1v) is 7.62. The zero-order valence-electron chi connectivity index (χ0n) is 12.1. The van der Waals surface area contributed by atoms with Gasteiger partial charge in [-0.05, 0) is 55.9 Å². The zero-order chi connectivity index (χ0) is 15.4. The third-order valence-electron chi connectivity index (χ3n) is 3.86. The SMILES string of the molecule is Cc1cc(Cl)cc(C(=O)N2CCCC(CCC(=O)O)C2)c1. The first-order valence-electron chi connectivity index (χ1n) is 7.24. The van der Waals surface area contributed by atoms with Gasteiger partial charge < -0.3 is 10.0 Å². The van der Waals surface area contributed by atoms with Crippen LogP contribution in [-0.4, -0.2) is 35.0 Å². The Morgan fingerprint density at radius 3 is 2.81 bits per heavy atom. The summed E-state index contributed by atoms with van der Waals surface area (Å²) >= 11 is 6.01. The maximum Gasteiger partial charge on any atom is 0.303 e. The van der Waals surface area contributed by atoms with Crippen molar-refractivity contribution in [3.8, 4) is 0 Å². The average Bonchev–Trinajstić information content (AvgIpc) is 2.43. The van der Waals surface area contributed by atoms with E-state index in [-0.39, 0.29) is 18.2 Å². The van der Waals surface area contributed by atoms with E-state index < -0.39 is 5.97 Å². The molecule has 21 heavy (non-hydrogen) atoms. The molecule has 0 aliphatic carbocycles. The van der Waals surface area contributed by atoms with Crippen LogP contribution in [0.4, 0.5) is 0 Å². The Hall–Kier alpha value is -1.55. The average molecular weight is 310 g/mol. The molecule has 4 nitrogen and oxygen atoms in total.